The molecule has 7 aromatic carbocycles. The van der Waals surface area contributed by atoms with Crippen molar-refractivity contribution in [3.63, 3.8) is 0 Å². The molecule has 0 saturated carbocycles. The van der Waals surface area contributed by atoms with Crippen LogP contribution in [-0.4, -0.2) is 9.97 Å². The van der Waals surface area contributed by atoms with Crippen LogP contribution in [0.3, 0.4) is 0 Å². The SMILES string of the molecule is c1ccc(-c2cc3c(cc2-c2ccccc2)-c2ccc(N4c5ccccc5-c5nccc6c5c4nc4ccccc46)c4cccc-3c24)cc1. The molecule has 0 fully saturated rings. The molecule has 226 valence electrons. The van der Waals surface area contributed by atoms with Gasteiger partial charge in [0.25, 0.3) is 0 Å². The fourth-order valence-electron chi connectivity index (χ4n) is 8.27. The Kier molecular flexibility index (Phi) is 5.38. The predicted molar refractivity (Wildman–Crippen MR) is 204 cm³/mol. The number of rotatable bonds is 3. The van der Waals surface area contributed by atoms with Gasteiger partial charge in [-0.05, 0) is 91.7 Å². The molecular formula is C46H27N3. The Balaban J connectivity index is 1.20. The smallest absolute Gasteiger partial charge is 0.148 e. The average molecular weight is 622 g/mol. The average Bonchev–Trinajstić information content (AvgIpc) is 3.49. The van der Waals surface area contributed by atoms with Crippen LogP contribution >= 0.6 is 0 Å². The summed E-state index contributed by atoms with van der Waals surface area (Å²) in [5.74, 6) is 0.921. The van der Waals surface area contributed by atoms with Gasteiger partial charge in [-0.3, -0.25) is 9.88 Å². The van der Waals surface area contributed by atoms with Crippen molar-refractivity contribution in [1.29, 1.82) is 0 Å². The molecule has 0 amide bonds. The second kappa shape index (κ2) is 9.96. The second-order valence-electron chi connectivity index (χ2n) is 12.9. The monoisotopic (exact) mass is 621 g/mol. The summed E-state index contributed by atoms with van der Waals surface area (Å²) in [7, 11) is 0. The first-order chi connectivity index (χ1) is 24.3. The molecule has 0 unspecified atom stereocenters. The molecule has 0 atom stereocenters. The summed E-state index contributed by atoms with van der Waals surface area (Å²) in [5, 5.41) is 5.89. The molecular weight excluding hydrogens is 595 g/mol. The van der Waals surface area contributed by atoms with Crippen LogP contribution in [0.1, 0.15) is 0 Å². The largest absolute Gasteiger partial charge is 0.293 e. The summed E-state index contributed by atoms with van der Waals surface area (Å²) in [6.07, 6.45) is 1.93. The maximum absolute atomic E-state index is 5.37. The normalized spacial score (nSPS) is 12.4. The summed E-state index contributed by atoms with van der Waals surface area (Å²) < 4.78 is 0. The summed E-state index contributed by atoms with van der Waals surface area (Å²) >= 11 is 0. The van der Waals surface area contributed by atoms with E-state index in [9.17, 15) is 0 Å². The Morgan fingerprint density at radius 1 is 0.388 bits per heavy atom. The number of fused-ring (bicyclic) bond motifs is 7. The van der Waals surface area contributed by atoms with Crippen LogP contribution in [0.4, 0.5) is 17.2 Å². The van der Waals surface area contributed by atoms with E-state index in [1.54, 1.807) is 0 Å². The summed E-state index contributed by atoms with van der Waals surface area (Å²) in [6.45, 7) is 0. The Bertz CT molecular complexity index is 2750. The van der Waals surface area contributed by atoms with Crippen LogP contribution in [-0.2, 0) is 0 Å². The molecule has 49 heavy (non-hydrogen) atoms. The van der Waals surface area contributed by atoms with Crippen molar-refractivity contribution in [2.45, 2.75) is 0 Å². The lowest BCUT2D eigenvalue weighted by molar-refractivity contribution is 1.20. The third-order valence-corrected chi connectivity index (χ3v) is 10.4. The van der Waals surface area contributed by atoms with Crippen LogP contribution in [0.25, 0.3) is 88.2 Å². The first-order valence-electron chi connectivity index (χ1n) is 16.8. The fraction of sp³-hybridized carbons (Fsp3) is 0. The molecule has 3 heterocycles. The molecule has 11 rings (SSSR count). The zero-order valence-corrected chi connectivity index (χ0v) is 26.4. The molecule has 9 aromatic rings. The van der Waals surface area contributed by atoms with Crippen molar-refractivity contribution >= 4 is 49.6 Å². The third-order valence-electron chi connectivity index (χ3n) is 10.4. The van der Waals surface area contributed by atoms with Crippen LogP contribution in [0.15, 0.2) is 164 Å². The minimum atomic E-state index is 0.921. The Labute approximate surface area is 283 Å². The van der Waals surface area contributed by atoms with E-state index >= 15 is 0 Å². The molecule has 1 aliphatic heterocycles. The molecule has 0 saturated heterocycles. The van der Waals surface area contributed by atoms with Gasteiger partial charge >= 0.3 is 0 Å². The van der Waals surface area contributed by atoms with E-state index in [-0.39, 0.29) is 0 Å². The zero-order valence-electron chi connectivity index (χ0n) is 26.4. The van der Waals surface area contributed by atoms with Gasteiger partial charge in [0.15, 0.2) is 0 Å². The van der Waals surface area contributed by atoms with E-state index in [2.05, 4.69) is 163 Å². The highest BCUT2D eigenvalue weighted by atomic mass is 15.2. The molecule has 0 spiro atoms. The molecule has 0 radical (unpaired) electrons. The van der Waals surface area contributed by atoms with Gasteiger partial charge in [-0.25, -0.2) is 4.98 Å². The van der Waals surface area contributed by atoms with E-state index < -0.39 is 0 Å². The first kappa shape index (κ1) is 26.5. The molecule has 3 heteroatoms. The minimum absolute atomic E-state index is 0.921. The van der Waals surface area contributed by atoms with Crippen molar-refractivity contribution in [1.82, 2.24) is 9.97 Å². The number of nitrogens with zero attached hydrogens (tertiary/aromatic N) is 3. The molecule has 1 aliphatic carbocycles. The van der Waals surface area contributed by atoms with Gasteiger partial charge in [0, 0.05) is 22.5 Å². The standard InChI is InChI=1S/C46H27N3/c1-3-12-28(13-4-1)36-26-38-31-18-11-19-34-42(23-22-32(43(31)34)39(38)27-37(36)29-14-5-2-6-15-29)49-41-21-10-8-17-35(41)45-44-33(24-25-47-45)30-16-7-9-20-40(30)48-46(44)49/h1-27H. The van der Waals surface area contributed by atoms with Crippen LogP contribution in [0, 0.1) is 0 Å². The lowest BCUT2D eigenvalue weighted by atomic mass is 9.89. The molecule has 3 nitrogen and oxygen atoms in total. The number of hydrogen-bond acceptors (Lipinski definition) is 3. The van der Waals surface area contributed by atoms with Gasteiger partial charge in [-0.2, -0.15) is 0 Å². The first-order valence-corrected chi connectivity index (χ1v) is 16.8. The number of aromatic nitrogens is 2. The van der Waals surface area contributed by atoms with Gasteiger partial charge in [0.2, 0.25) is 0 Å². The predicted octanol–water partition coefficient (Wildman–Crippen LogP) is 12.4. The van der Waals surface area contributed by atoms with Gasteiger partial charge in [-0.15, -0.1) is 0 Å². The summed E-state index contributed by atoms with van der Waals surface area (Å²) in [6, 6.07) is 56.9. The second-order valence-corrected chi connectivity index (χ2v) is 12.9. The maximum Gasteiger partial charge on any atom is 0.148 e. The van der Waals surface area contributed by atoms with E-state index in [0.717, 1.165) is 44.7 Å². The van der Waals surface area contributed by atoms with Crippen LogP contribution < -0.4 is 4.90 Å². The van der Waals surface area contributed by atoms with Crippen molar-refractivity contribution < 1.29 is 0 Å². The Morgan fingerprint density at radius 2 is 1.02 bits per heavy atom. The topological polar surface area (TPSA) is 29.0 Å². The lowest BCUT2D eigenvalue weighted by Crippen LogP contribution is -2.17. The number of pyridine rings is 2. The fourth-order valence-corrected chi connectivity index (χ4v) is 8.27. The van der Waals surface area contributed by atoms with Gasteiger partial charge in [-0.1, -0.05) is 121 Å². The minimum Gasteiger partial charge on any atom is -0.293 e. The van der Waals surface area contributed by atoms with Gasteiger partial charge in [0.1, 0.15) is 5.82 Å². The van der Waals surface area contributed by atoms with Crippen LogP contribution in [0.2, 0.25) is 0 Å². The van der Waals surface area contributed by atoms with Gasteiger partial charge in [0.05, 0.1) is 28.0 Å². The zero-order chi connectivity index (χ0) is 32.1. The maximum atomic E-state index is 5.37. The highest BCUT2D eigenvalue weighted by Gasteiger charge is 2.32. The van der Waals surface area contributed by atoms with E-state index in [0.29, 0.717) is 0 Å². The van der Waals surface area contributed by atoms with Crippen molar-refractivity contribution in [3.05, 3.63) is 164 Å². The Hall–Kier alpha value is -6.58. The number of benzene rings is 7. The number of hydrogen-bond donors (Lipinski definition) is 0. The third kappa shape index (κ3) is 3.67. The van der Waals surface area contributed by atoms with Crippen LogP contribution in [0.5, 0.6) is 0 Å². The highest BCUT2D eigenvalue weighted by Crippen LogP contribution is 2.56. The lowest BCUT2D eigenvalue weighted by Gasteiger charge is -2.33. The van der Waals surface area contributed by atoms with Crippen molar-refractivity contribution in [2.75, 3.05) is 4.90 Å². The number of para-hydroxylation sites is 2. The van der Waals surface area contributed by atoms with E-state index in [1.807, 2.05) is 6.20 Å². The molecule has 2 aliphatic rings. The summed E-state index contributed by atoms with van der Waals surface area (Å²) in [4.78, 5) is 12.7. The van der Waals surface area contributed by atoms with E-state index in [4.69, 9.17) is 9.97 Å². The molecule has 0 bridgehead atoms. The quantitative estimate of drug-likeness (QED) is 0.184. The van der Waals surface area contributed by atoms with Crippen molar-refractivity contribution in [2.24, 2.45) is 0 Å². The summed E-state index contributed by atoms with van der Waals surface area (Å²) in [5.41, 5.74) is 15.3. The molecule has 2 aromatic heterocycles. The van der Waals surface area contributed by atoms with Gasteiger partial charge < -0.3 is 0 Å². The number of anilines is 3. The molecule has 0 N–H and O–H groups in total. The Morgan fingerprint density at radius 3 is 1.80 bits per heavy atom. The highest BCUT2D eigenvalue weighted by molar-refractivity contribution is 6.23. The van der Waals surface area contributed by atoms with Crippen molar-refractivity contribution in [3.8, 4) is 55.8 Å². The van der Waals surface area contributed by atoms with E-state index in [1.165, 1.54) is 60.7 Å².